The molecule has 0 amide bonds. The molecular weight excluding hydrogens is 326 g/mol. The van der Waals surface area contributed by atoms with Crippen molar-refractivity contribution in [3.05, 3.63) is 40.6 Å². The van der Waals surface area contributed by atoms with Crippen molar-refractivity contribution in [3.8, 4) is 6.07 Å². The maximum atomic E-state index is 11.8. The number of nitrogens with one attached hydrogen (secondary N) is 1. The van der Waals surface area contributed by atoms with E-state index < -0.39 is 5.97 Å². The first-order chi connectivity index (χ1) is 11.6. The number of rotatable bonds is 4. The van der Waals surface area contributed by atoms with Crippen molar-refractivity contribution in [3.63, 3.8) is 0 Å². The molecule has 0 atom stereocenters. The first-order valence-electron chi connectivity index (χ1n) is 7.35. The number of fused-ring (bicyclic) bond motifs is 1. The van der Waals surface area contributed by atoms with Gasteiger partial charge in [-0.25, -0.2) is 9.78 Å². The van der Waals surface area contributed by atoms with Gasteiger partial charge in [0.15, 0.2) is 5.13 Å². The molecule has 6 nitrogen and oxygen atoms in total. The van der Waals surface area contributed by atoms with Gasteiger partial charge in [-0.3, -0.25) is 0 Å². The summed E-state index contributed by atoms with van der Waals surface area (Å²) < 4.78 is 11.3. The molecule has 1 aromatic carbocycles. The average molecular weight is 341 g/mol. The molecular formula is C17H15N3O3S. The Morgan fingerprint density at radius 1 is 1.50 bits per heavy atom. The summed E-state index contributed by atoms with van der Waals surface area (Å²) >= 11 is 1.46. The van der Waals surface area contributed by atoms with Gasteiger partial charge >= 0.3 is 5.97 Å². The van der Waals surface area contributed by atoms with Crippen LogP contribution in [0.4, 0.5) is 11.0 Å². The summed E-state index contributed by atoms with van der Waals surface area (Å²) in [5, 5.41) is 13.0. The number of hydrogen-bond donors (Lipinski definition) is 1. The molecule has 122 valence electrons. The molecule has 7 heteroatoms. The van der Waals surface area contributed by atoms with E-state index in [9.17, 15) is 10.1 Å². The van der Waals surface area contributed by atoms with Crippen LogP contribution in [0.25, 0.3) is 10.2 Å². The van der Waals surface area contributed by atoms with Crippen LogP contribution in [0.5, 0.6) is 0 Å². The fourth-order valence-corrected chi connectivity index (χ4v) is 3.35. The molecule has 0 radical (unpaired) electrons. The van der Waals surface area contributed by atoms with Gasteiger partial charge in [0.1, 0.15) is 23.0 Å². The standard InChI is InChI=1S/C17H15N3O3S/c1-4-10-5-6-12-13(7-10)24-17(19-12)20-15-11(8-18)14(9(2)23-15)16(21)22-3/h5-7H,4H2,1-3H3,(H,19,20). The van der Waals surface area contributed by atoms with Crippen molar-refractivity contribution < 1.29 is 13.9 Å². The molecule has 0 spiro atoms. The predicted octanol–water partition coefficient (Wildman–Crippen LogP) is 4.16. The number of esters is 1. The van der Waals surface area contributed by atoms with Crippen molar-refractivity contribution in [2.24, 2.45) is 0 Å². The normalized spacial score (nSPS) is 10.6. The zero-order valence-corrected chi connectivity index (χ0v) is 14.3. The van der Waals surface area contributed by atoms with Gasteiger partial charge in [0.05, 0.1) is 17.3 Å². The fraction of sp³-hybridized carbons (Fsp3) is 0.235. The Bertz CT molecular complexity index is 966. The zero-order chi connectivity index (χ0) is 17.3. The Kier molecular flexibility index (Phi) is 4.23. The van der Waals surface area contributed by atoms with Gasteiger partial charge in [-0.1, -0.05) is 24.3 Å². The summed E-state index contributed by atoms with van der Waals surface area (Å²) in [6.45, 7) is 3.71. The van der Waals surface area contributed by atoms with Crippen LogP contribution < -0.4 is 5.32 Å². The monoisotopic (exact) mass is 341 g/mol. The van der Waals surface area contributed by atoms with Crippen LogP contribution in [0.15, 0.2) is 22.6 Å². The van der Waals surface area contributed by atoms with E-state index in [1.54, 1.807) is 6.92 Å². The molecule has 0 fully saturated rings. The topological polar surface area (TPSA) is 88.2 Å². The number of aryl methyl sites for hydroxylation is 2. The summed E-state index contributed by atoms with van der Waals surface area (Å²) in [7, 11) is 1.27. The lowest BCUT2D eigenvalue weighted by molar-refractivity contribution is 0.0598. The van der Waals surface area contributed by atoms with E-state index in [2.05, 4.69) is 23.3 Å². The van der Waals surface area contributed by atoms with Crippen LogP contribution >= 0.6 is 11.3 Å². The first-order valence-corrected chi connectivity index (χ1v) is 8.17. The Hall–Kier alpha value is -2.85. The largest absolute Gasteiger partial charge is 0.465 e. The van der Waals surface area contributed by atoms with Crippen LogP contribution in [0.2, 0.25) is 0 Å². The number of carbonyl (C=O) groups excluding carboxylic acids is 1. The minimum atomic E-state index is -0.599. The van der Waals surface area contributed by atoms with Gasteiger partial charge in [-0.05, 0) is 31.0 Å². The highest BCUT2D eigenvalue weighted by molar-refractivity contribution is 7.22. The van der Waals surface area contributed by atoms with E-state index in [0.717, 1.165) is 16.6 Å². The maximum absolute atomic E-state index is 11.8. The summed E-state index contributed by atoms with van der Waals surface area (Å²) in [5.74, 6) is -0.0711. The van der Waals surface area contributed by atoms with Gasteiger partial charge in [0, 0.05) is 0 Å². The summed E-state index contributed by atoms with van der Waals surface area (Å²) in [6.07, 6.45) is 0.953. The van der Waals surface area contributed by atoms with Crippen molar-refractivity contribution in [2.45, 2.75) is 20.3 Å². The molecule has 2 aromatic heterocycles. The molecule has 0 unspecified atom stereocenters. The highest BCUT2D eigenvalue weighted by atomic mass is 32.1. The maximum Gasteiger partial charge on any atom is 0.342 e. The third kappa shape index (κ3) is 2.72. The Morgan fingerprint density at radius 2 is 2.29 bits per heavy atom. The smallest absolute Gasteiger partial charge is 0.342 e. The third-order valence-corrected chi connectivity index (χ3v) is 4.60. The quantitative estimate of drug-likeness (QED) is 0.717. The Labute approximate surface area is 142 Å². The molecule has 0 aliphatic heterocycles. The third-order valence-electron chi connectivity index (χ3n) is 3.67. The molecule has 0 bridgehead atoms. The van der Waals surface area contributed by atoms with Crippen LogP contribution in [0.1, 0.15) is 34.2 Å². The second-order valence-electron chi connectivity index (χ2n) is 5.14. The second-order valence-corrected chi connectivity index (χ2v) is 6.17. The number of ether oxygens (including phenoxy) is 1. The predicted molar refractivity (Wildman–Crippen MR) is 91.8 cm³/mol. The van der Waals surface area contributed by atoms with Gasteiger partial charge in [0.2, 0.25) is 5.88 Å². The number of anilines is 2. The van der Waals surface area contributed by atoms with Gasteiger partial charge in [0.25, 0.3) is 0 Å². The molecule has 3 aromatic rings. The molecule has 0 aliphatic rings. The first kappa shape index (κ1) is 16.0. The number of carbonyl (C=O) groups is 1. The van der Waals surface area contributed by atoms with Crippen LogP contribution in [-0.4, -0.2) is 18.1 Å². The summed E-state index contributed by atoms with van der Waals surface area (Å²) in [5.41, 5.74) is 2.36. The van der Waals surface area contributed by atoms with E-state index in [1.807, 2.05) is 18.2 Å². The number of nitrogens with zero attached hydrogens (tertiary/aromatic N) is 2. The second kappa shape index (κ2) is 6.34. The molecule has 3 rings (SSSR count). The van der Waals surface area contributed by atoms with E-state index in [-0.39, 0.29) is 17.0 Å². The van der Waals surface area contributed by atoms with Crippen molar-refractivity contribution in [2.75, 3.05) is 12.4 Å². The lowest BCUT2D eigenvalue weighted by atomic mass is 10.1. The summed E-state index contributed by atoms with van der Waals surface area (Å²) in [6, 6.07) is 8.09. The Balaban J connectivity index is 2.00. The molecule has 0 saturated heterocycles. The molecule has 0 saturated carbocycles. The van der Waals surface area contributed by atoms with E-state index in [1.165, 1.54) is 24.0 Å². The summed E-state index contributed by atoms with van der Waals surface area (Å²) in [4.78, 5) is 16.3. The number of benzene rings is 1. The minimum Gasteiger partial charge on any atom is -0.465 e. The zero-order valence-electron chi connectivity index (χ0n) is 13.5. The van der Waals surface area contributed by atoms with Crippen molar-refractivity contribution in [1.29, 1.82) is 5.26 Å². The molecule has 1 N–H and O–H groups in total. The lowest BCUT2D eigenvalue weighted by Gasteiger charge is -1.98. The van der Waals surface area contributed by atoms with Crippen LogP contribution in [0, 0.1) is 18.3 Å². The molecule has 0 aliphatic carbocycles. The van der Waals surface area contributed by atoms with Gasteiger partial charge < -0.3 is 14.5 Å². The van der Waals surface area contributed by atoms with E-state index in [4.69, 9.17) is 9.15 Å². The number of furan rings is 1. The number of thiazole rings is 1. The highest BCUT2D eigenvalue weighted by Crippen LogP contribution is 2.33. The number of methoxy groups -OCH3 is 1. The number of hydrogen-bond acceptors (Lipinski definition) is 7. The Morgan fingerprint density at radius 3 is 2.96 bits per heavy atom. The number of nitriles is 1. The number of aromatic nitrogens is 1. The van der Waals surface area contributed by atoms with E-state index >= 15 is 0 Å². The van der Waals surface area contributed by atoms with Gasteiger partial charge in [-0.15, -0.1) is 0 Å². The lowest BCUT2D eigenvalue weighted by Crippen LogP contribution is -2.04. The van der Waals surface area contributed by atoms with Crippen LogP contribution in [-0.2, 0) is 11.2 Å². The van der Waals surface area contributed by atoms with Crippen molar-refractivity contribution >= 4 is 38.5 Å². The molecule has 2 heterocycles. The minimum absolute atomic E-state index is 0.118. The van der Waals surface area contributed by atoms with Crippen molar-refractivity contribution in [1.82, 2.24) is 4.98 Å². The average Bonchev–Trinajstić information content (AvgIpc) is 3.12. The van der Waals surface area contributed by atoms with E-state index in [0.29, 0.717) is 10.9 Å². The fourth-order valence-electron chi connectivity index (χ4n) is 2.43. The molecule has 24 heavy (non-hydrogen) atoms. The van der Waals surface area contributed by atoms with Gasteiger partial charge in [-0.2, -0.15) is 5.26 Å². The van der Waals surface area contributed by atoms with Crippen LogP contribution in [0.3, 0.4) is 0 Å². The highest BCUT2D eigenvalue weighted by Gasteiger charge is 2.25. The SMILES string of the molecule is CCc1ccc2nc(Nc3oc(C)c(C(=O)OC)c3C#N)sc2c1.